The van der Waals surface area contributed by atoms with Crippen LogP contribution in [0, 0.1) is 5.82 Å². The van der Waals surface area contributed by atoms with E-state index in [9.17, 15) is 14.0 Å². The predicted octanol–water partition coefficient (Wildman–Crippen LogP) is 1.68. The van der Waals surface area contributed by atoms with Crippen molar-refractivity contribution in [1.82, 2.24) is 0 Å². The minimum atomic E-state index is -0.723. The summed E-state index contributed by atoms with van der Waals surface area (Å²) in [6.07, 6.45) is 8.09. The van der Waals surface area contributed by atoms with Crippen LogP contribution in [0.4, 0.5) is 10.1 Å². The van der Waals surface area contributed by atoms with Gasteiger partial charge >= 0.3 is 0 Å². The topological polar surface area (TPSA) is 130 Å². The van der Waals surface area contributed by atoms with E-state index in [0.717, 1.165) is 13.2 Å². The minimum Gasteiger partial charge on any atom is -0.483 e. The standard InChI is InChI=1S/C9H9FN2O2.C5H8.CH2O2.CH4O/c10-6-2-1-3-7(4-6)12-9(14)5-8(11)13;1-2-4-5-3-1;2-1-3;1-2/h1-4H,5H2,(H2,11,13)(H,12,14);1-2H,3-5H2;1H,(H,2,3);2H,1H3. The van der Waals surface area contributed by atoms with Gasteiger partial charge in [0.05, 0.1) is 0 Å². The average Bonchev–Trinajstić information content (AvgIpc) is 3.08. The predicted molar refractivity (Wildman–Crippen MR) is 88.7 cm³/mol. The smallest absolute Gasteiger partial charge is 0.290 e. The molecule has 0 aromatic heterocycles. The van der Waals surface area contributed by atoms with E-state index in [1.54, 1.807) is 0 Å². The number of hydrogen-bond acceptors (Lipinski definition) is 4. The van der Waals surface area contributed by atoms with E-state index in [-0.39, 0.29) is 6.47 Å². The van der Waals surface area contributed by atoms with Crippen LogP contribution in [0.25, 0.3) is 0 Å². The lowest BCUT2D eigenvalue weighted by Crippen LogP contribution is -2.21. The van der Waals surface area contributed by atoms with E-state index in [1.807, 2.05) is 0 Å². The zero-order valence-electron chi connectivity index (χ0n) is 13.4. The van der Waals surface area contributed by atoms with Gasteiger partial charge in [0.2, 0.25) is 11.8 Å². The Kier molecular flexibility index (Phi) is 16.3. The van der Waals surface area contributed by atoms with Gasteiger partial charge in [-0.05, 0) is 37.5 Å². The van der Waals surface area contributed by atoms with Crippen LogP contribution in [-0.4, -0.2) is 35.6 Å². The maximum Gasteiger partial charge on any atom is 0.290 e. The fraction of sp³-hybridized carbons (Fsp3) is 0.312. The van der Waals surface area contributed by atoms with Crippen LogP contribution in [0.2, 0.25) is 0 Å². The van der Waals surface area contributed by atoms with Crippen LogP contribution in [0.15, 0.2) is 36.4 Å². The van der Waals surface area contributed by atoms with E-state index < -0.39 is 24.1 Å². The quantitative estimate of drug-likeness (QED) is 0.377. The van der Waals surface area contributed by atoms with Crippen LogP contribution < -0.4 is 11.1 Å². The summed E-state index contributed by atoms with van der Waals surface area (Å²) < 4.78 is 12.6. The zero-order chi connectivity index (χ0) is 18.8. The average molecular weight is 342 g/mol. The molecule has 0 aliphatic heterocycles. The molecule has 8 heteroatoms. The molecular weight excluding hydrogens is 319 g/mol. The summed E-state index contributed by atoms with van der Waals surface area (Å²) in [6, 6.07) is 5.37. The molecule has 1 aliphatic rings. The molecule has 0 spiro atoms. The summed E-state index contributed by atoms with van der Waals surface area (Å²) in [7, 11) is 1.00. The summed E-state index contributed by atoms with van der Waals surface area (Å²) in [5.41, 5.74) is 5.11. The molecular formula is C16H23FN2O5. The SMILES string of the molecule is C1=CCCC1.CO.NC(=O)CC(=O)Nc1cccc(F)c1.O=CO. The van der Waals surface area contributed by atoms with Crippen LogP contribution in [0.5, 0.6) is 0 Å². The molecule has 7 nitrogen and oxygen atoms in total. The van der Waals surface area contributed by atoms with E-state index in [0.29, 0.717) is 5.69 Å². The number of anilines is 1. The number of carboxylic acid groups (broad SMARTS) is 1. The molecule has 1 aromatic carbocycles. The number of rotatable bonds is 3. The monoisotopic (exact) mass is 342 g/mol. The molecule has 0 saturated carbocycles. The number of carbonyl (C=O) groups excluding carboxylic acids is 2. The number of hydrogen-bond donors (Lipinski definition) is 4. The summed E-state index contributed by atoms with van der Waals surface area (Å²) >= 11 is 0. The van der Waals surface area contributed by atoms with Gasteiger partial charge in [-0.25, -0.2) is 4.39 Å². The Labute approximate surface area is 140 Å². The molecule has 2 amide bonds. The number of aliphatic hydroxyl groups is 1. The Morgan fingerprint density at radius 1 is 1.29 bits per heavy atom. The highest BCUT2D eigenvalue weighted by atomic mass is 19.1. The Morgan fingerprint density at radius 3 is 2.21 bits per heavy atom. The van der Waals surface area contributed by atoms with Crippen LogP contribution in [0.1, 0.15) is 25.7 Å². The van der Waals surface area contributed by atoms with Gasteiger partial charge < -0.3 is 21.3 Å². The molecule has 24 heavy (non-hydrogen) atoms. The summed E-state index contributed by atoms with van der Waals surface area (Å²) in [6.45, 7) is -0.250. The minimum absolute atomic E-state index is 0.250. The number of amides is 2. The van der Waals surface area contributed by atoms with Crippen LogP contribution in [-0.2, 0) is 14.4 Å². The van der Waals surface area contributed by atoms with Gasteiger partial charge in [-0.2, -0.15) is 0 Å². The van der Waals surface area contributed by atoms with Gasteiger partial charge in [-0.3, -0.25) is 14.4 Å². The molecule has 0 saturated heterocycles. The molecule has 0 atom stereocenters. The lowest BCUT2D eigenvalue weighted by atomic mass is 10.3. The van der Waals surface area contributed by atoms with Gasteiger partial charge in [0.1, 0.15) is 12.2 Å². The van der Waals surface area contributed by atoms with Crippen molar-refractivity contribution < 1.29 is 29.0 Å². The molecule has 0 fully saturated rings. The highest BCUT2D eigenvalue weighted by Gasteiger charge is 2.05. The molecule has 0 heterocycles. The molecule has 0 unspecified atom stereocenters. The molecule has 0 radical (unpaired) electrons. The Morgan fingerprint density at radius 2 is 1.83 bits per heavy atom. The molecule has 2 rings (SSSR count). The number of halogens is 1. The van der Waals surface area contributed by atoms with Crippen molar-refractivity contribution in [3.8, 4) is 0 Å². The first-order chi connectivity index (χ1) is 11.5. The van der Waals surface area contributed by atoms with E-state index in [4.69, 9.17) is 20.7 Å². The largest absolute Gasteiger partial charge is 0.483 e. The number of carbonyl (C=O) groups is 3. The number of benzene rings is 1. The molecule has 5 N–H and O–H groups in total. The molecule has 1 aromatic rings. The first kappa shape index (κ1) is 23.5. The first-order valence-electron chi connectivity index (χ1n) is 7.01. The fourth-order valence-electron chi connectivity index (χ4n) is 1.52. The van der Waals surface area contributed by atoms with E-state index in [1.165, 1.54) is 37.5 Å². The molecule has 1 aliphatic carbocycles. The second-order valence-electron chi connectivity index (χ2n) is 4.21. The van der Waals surface area contributed by atoms with E-state index in [2.05, 4.69) is 17.5 Å². The van der Waals surface area contributed by atoms with Crippen molar-refractivity contribution in [2.75, 3.05) is 12.4 Å². The summed E-state index contributed by atoms with van der Waals surface area (Å²) in [5, 5.41) is 16.2. The lowest BCUT2D eigenvalue weighted by Gasteiger charge is -2.02. The van der Waals surface area contributed by atoms with Crippen molar-refractivity contribution in [2.45, 2.75) is 25.7 Å². The van der Waals surface area contributed by atoms with Gasteiger partial charge in [-0.15, -0.1) is 0 Å². The van der Waals surface area contributed by atoms with Crippen molar-refractivity contribution in [1.29, 1.82) is 0 Å². The number of aliphatic hydroxyl groups excluding tert-OH is 1. The van der Waals surface area contributed by atoms with Crippen molar-refractivity contribution in [3.63, 3.8) is 0 Å². The van der Waals surface area contributed by atoms with Crippen molar-refractivity contribution in [2.24, 2.45) is 5.73 Å². The third-order valence-corrected chi connectivity index (χ3v) is 2.35. The highest BCUT2D eigenvalue weighted by Crippen LogP contribution is 2.09. The summed E-state index contributed by atoms with van der Waals surface area (Å²) in [4.78, 5) is 29.7. The molecule has 134 valence electrons. The van der Waals surface area contributed by atoms with Crippen LogP contribution in [0.3, 0.4) is 0 Å². The normalized spacial score (nSPS) is 10.6. The third-order valence-electron chi connectivity index (χ3n) is 2.35. The second kappa shape index (κ2) is 16.6. The fourth-order valence-corrected chi connectivity index (χ4v) is 1.52. The van der Waals surface area contributed by atoms with Gasteiger partial charge in [0, 0.05) is 12.8 Å². The number of nitrogens with two attached hydrogens (primary N) is 1. The number of primary amides is 1. The van der Waals surface area contributed by atoms with Crippen LogP contribution >= 0.6 is 0 Å². The van der Waals surface area contributed by atoms with Gasteiger partial charge in [0.15, 0.2) is 0 Å². The Bertz CT molecular complexity index is 515. The maximum absolute atomic E-state index is 12.6. The maximum atomic E-state index is 12.6. The van der Waals surface area contributed by atoms with Crippen molar-refractivity contribution in [3.05, 3.63) is 42.2 Å². The Hall–Kier alpha value is -2.74. The third kappa shape index (κ3) is 15.6. The summed E-state index contributed by atoms with van der Waals surface area (Å²) in [5.74, 6) is -1.73. The second-order valence-corrected chi connectivity index (χ2v) is 4.21. The van der Waals surface area contributed by atoms with Gasteiger partial charge in [0.25, 0.3) is 6.47 Å². The van der Waals surface area contributed by atoms with E-state index >= 15 is 0 Å². The lowest BCUT2D eigenvalue weighted by molar-refractivity contribution is -0.125. The highest BCUT2D eigenvalue weighted by molar-refractivity contribution is 6.02. The number of allylic oxidation sites excluding steroid dienone is 2. The van der Waals surface area contributed by atoms with Crippen molar-refractivity contribution >= 4 is 24.0 Å². The van der Waals surface area contributed by atoms with Gasteiger partial charge in [-0.1, -0.05) is 18.2 Å². The number of nitrogens with one attached hydrogen (secondary N) is 1. The first-order valence-corrected chi connectivity index (χ1v) is 7.01. The zero-order valence-corrected chi connectivity index (χ0v) is 13.4. The Balaban J connectivity index is 0. The molecule has 0 bridgehead atoms.